The predicted molar refractivity (Wildman–Crippen MR) is 110 cm³/mol. The van der Waals surface area contributed by atoms with Gasteiger partial charge >= 0.3 is 0 Å². The molecule has 0 aliphatic heterocycles. The molecule has 6 nitrogen and oxygen atoms in total. The second kappa shape index (κ2) is 6.77. The van der Waals surface area contributed by atoms with Crippen LogP contribution in [0.2, 0.25) is 0 Å². The normalized spacial score (nSPS) is 35.1. The van der Waals surface area contributed by atoms with Crippen molar-refractivity contribution in [2.45, 2.75) is 54.5 Å². The number of sulfonamides is 2. The molecule has 4 aliphatic carbocycles. The Hall–Kier alpha value is -1.48. The molecule has 0 unspecified atom stereocenters. The molecule has 0 amide bonds. The average Bonchev–Trinajstić information content (AvgIpc) is 3.42. The molecule has 0 aromatic heterocycles. The van der Waals surface area contributed by atoms with E-state index >= 15 is 0 Å². The number of benzene rings is 1. The Morgan fingerprint density at radius 2 is 1.24 bits per heavy atom. The van der Waals surface area contributed by atoms with Gasteiger partial charge in [-0.15, -0.1) is 0 Å². The molecule has 6 atom stereocenters. The summed E-state index contributed by atoms with van der Waals surface area (Å²) in [5.74, 6) is 1.22. The lowest BCUT2D eigenvalue weighted by Gasteiger charge is -2.23. The van der Waals surface area contributed by atoms with E-state index in [2.05, 4.69) is 33.7 Å². The lowest BCUT2D eigenvalue weighted by Crippen LogP contribution is -2.40. The second-order valence-corrected chi connectivity index (χ2v) is 12.3. The highest BCUT2D eigenvalue weighted by molar-refractivity contribution is 7.92. The third-order valence-electron chi connectivity index (χ3n) is 6.85. The number of rotatable bonds is 6. The molecule has 29 heavy (non-hydrogen) atoms. The van der Waals surface area contributed by atoms with E-state index in [9.17, 15) is 16.8 Å². The Morgan fingerprint density at radius 3 is 1.69 bits per heavy atom. The van der Waals surface area contributed by atoms with Crippen LogP contribution in [0.1, 0.15) is 31.2 Å². The van der Waals surface area contributed by atoms with Crippen LogP contribution in [0.5, 0.6) is 0 Å². The Morgan fingerprint density at radius 1 is 0.724 bits per heavy atom. The second-order valence-electron chi connectivity index (χ2n) is 8.97. The lowest BCUT2D eigenvalue weighted by atomic mass is 10.0. The Kier molecular flexibility index (Phi) is 4.55. The number of fused-ring (bicyclic) bond motifs is 4. The molecule has 2 fully saturated rings. The largest absolute Gasteiger partial charge is 0.242 e. The molecule has 1 aromatic carbocycles. The number of hydrogen-bond acceptors (Lipinski definition) is 4. The molecule has 156 valence electrons. The van der Waals surface area contributed by atoms with Gasteiger partial charge in [-0.25, -0.2) is 26.3 Å². The molecular weight excluding hydrogens is 408 g/mol. The molecule has 0 heterocycles. The molecule has 0 saturated heterocycles. The fraction of sp³-hybridized carbons (Fsp3) is 0.524. The predicted octanol–water partition coefficient (Wildman–Crippen LogP) is 2.48. The summed E-state index contributed by atoms with van der Waals surface area (Å²) < 4.78 is 58.3. The van der Waals surface area contributed by atoms with Crippen molar-refractivity contribution in [2.24, 2.45) is 23.7 Å². The van der Waals surface area contributed by atoms with Gasteiger partial charge in [0, 0.05) is 12.1 Å². The van der Waals surface area contributed by atoms with Crippen molar-refractivity contribution in [3.05, 3.63) is 48.1 Å². The number of aryl methyl sites for hydroxylation is 1. The summed E-state index contributed by atoms with van der Waals surface area (Å²) >= 11 is 0. The SMILES string of the molecule is Cc1ccc(S(=O)(=O)N[C@H]2C[C@H]3C=C[C@H]2C3)c(S(=O)(=O)N[C@@H]2C[C@H]3C=C[C@H]2C3)c1. The van der Waals surface area contributed by atoms with Gasteiger partial charge in [-0.2, -0.15) is 0 Å². The van der Waals surface area contributed by atoms with Gasteiger partial charge in [-0.05, 0) is 74.0 Å². The van der Waals surface area contributed by atoms with Crippen LogP contribution in [0, 0.1) is 30.6 Å². The van der Waals surface area contributed by atoms with Crippen LogP contribution in [0.4, 0.5) is 0 Å². The third-order valence-corrected chi connectivity index (χ3v) is 10.1. The van der Waals surface area contributed by atoms with Gasteiger partial charge in [-0.3, -0.25) is 0 Å². The molecule has 4 aliphatic rings. The molecule has 8 heteroatoms. The zero-order valence-corrected chi connectivity index (χ0v) is 17.9. The molecule has 1 aromatic rings. The molecule has 2 saturated carbocycles. The van der Waals surface area contributed by atoms with E-state index in [1.807, 2.05) is 0 Å². The van der Waals surface area contributed by atoms with Gasteiger partial charge in [0.25, 0.3) is 0 Å². The first-order valence-electron chi connectivity index (χ1n) is 10.2. The van der Waals surface area contributed by atoms with E-state index in [0.29, 0.717) is 17.4 Å². The highest BCUT2D eigenvalue weighted by Gasteiger charge is 2.41. The van der Waals surface area contributed by atoms with Crippen molar-refractivity contribution in [2.75, 3.05) is 0 Å². The van der Waals surface area contributed by atoms with Crippen molar-refractivity contribution < 1.29 is 16.8 Å². The summed E-state index contributed by atoms with van der Waals surface area (Å²) in [6.45, 7) is 1.77. The smallest absolute Gasteiger partial charge is 0.207 e. The van der Waals surface area contributed by atoms with Crippen molar-refractivity contribution >= 4 is 20.0 Å². The van der Waals surface area contributed by atoms with E-state index in [-0.39, 0.29) is 33.7 Å². The van der Waals surface area contributed by atoms with Crippen LogP contribution in [0.25, 0.3) is 0 Å². The van der Waals surface area contributed by atoms with Crippen molar-refractivity contribution in [1.82, 2.24) is 9.44 Å². The first-order valence-corrected chi connectivity index (χ1v) is 13.2. The number of hydrogen-bond donors (Lipinski definition) is 2. The third kappa shape index (κ3) is 3.50. The maximum absolute atomic E-state index is 13.2. The summed E-state index contributed by atoms with van der Waals surface area (Å²) in [6, 6.07) is 4.18. The minimum atomic E-state index is -3.96. The highest BCUT2D eigenvalue weighted by Crippen LogP contribution is 2.41. The van der Waals surface area contributed by atoms with E-state index in [4.69, 9.17) is 0 Å². The monoisotopic (exact) mass is 434 g/mol. The van der Waals surface area contributed by atoms with Crippen LogP contribution >= 0.6 is 0 Å². The van der Waals surface area contributed by atoms with Crippen LogP contribution in [0.3, 0.4) is 0 Å². The van der Waals surface area contributed by atoms with Crippen molar-refractivity contribution in [3.8, 4) is 0 Å². The molecule has 2 N–H and O–H groups in total. The number of nitrogens with one attached hydrogen (secondary N) is 2. The minimum Gasteiger partial charge on any atom is -0.207 e. The summed E-state index contributed by atoms with van der Waals surface area (Å²) in [7, 11) is -7.92. The summed E-state index contributed by atoms with van der Waals surface area (Å²) in [4.78, 5) is -0.323. The van der Waals surface area contributed by atoms with E-state index in [0.717, 1.165) is 25.7 Å². The fourth-order valence-electron chi connectivity index (χ4n) is 5.41. The number of allylic oxidation sites excluding steroid dienone is 2. The van der Waals surface area contributed by atoms with Crippen LogP contribution in [-0.2, 0) is 20.0 Å². The van der Waals surface area contributed by atoms with Gasteiger partial charge in [0.15, 0.2) is 0 Å². The minimum absolute atomic E-state index is 0.157. The quantitative estimate of drug-likeness (QED) is 0.673. The van der Waals surface area contributed by atoms with Gasteiger partial charge in [-0.1, -0.05) is 30.4 Å². The topological polar surface area (TPSA) is 92.3 Å². The highest BCUT2D eigenvalue weighted by atomic mass is 32.2. The van der Waals surface area contributed by atoms with Crippen LogP contribution in [0.15, 0.2) is 52.3 Å². The standard InChI is InChI=1S/C21H26N2O4S2/c1-13-2-7-20(28(24,25)22-18-11-14-3-5-16(18)9-14)21(8-13)29(26,27)23-19-12-15-4-6-17(19)10-15/h2-8,14-19,22-23H,9-12H2,1H3/t14-,15-,16-,17-,18-,19+/m0/s1. The molecule has 0 radical (unpaired) electrons. The van der Waals surface area contributed by atoms with Crippen LogP contribution in [-0.4, -0.2) is 28.9 Å². The maximum Gasteiger partial charge on any atom is 0.242 e. The average molecular weight is 435 g/mol. The van der Waals surface area contributed by atoms with E-state index < -0.39 is 20.0 Å². The van der Waals surface area contributed by atoms with Crippen molar-refractivity contribution in [3.63, 3.8) is 0 Å². The lowest BCUT2D eigenvalue weighted by molar-refractivity contribution is 0.495. The summed E-state index contributed by atoms with van der Waals surface area (Å²) in [5.41, 5.74) is 0.708. The first-order chi connectivity index (χ1) is 13.7. The van der Waals surface area contributed by atoms with E-state index in [1.165, 1.54) is 12.1 Å². The van der Waals surface area contributed by atoms with Crippen LogP contribution < -0.4 is 9.44 Å². The van der Waals surface area contributed by atoms with Gasteiger partial charge in [0.2, 0.25) is 20.0 Å². The van der Waals surface area contributed by atoms with Crippen molar-refractivity contribution in [1.29, 1.82) is 0 Å². The van der Waals surface area contributed by atoms with Gasteiger partial charge < -0.3 is 0 Å². The zero-order chi connectivity index (χ0) is 20.4. The maximum atomic E-state index is 13.2. The zero-order valence-electron chi connectivity index (χ0n) is 16.3. The van der Waals surface area contributed by atoms with E-state index in [1.54, 1.807) is 13.0 Å². The molecule has 0 spiro atoms. The summed E-state index contributed by atoms with van der Waals surface area (Å²) in [6.07, 6.45) is 11.9. The Labute approximate surface area is 172 Å². The molecule has 5 rings (SSSR count). The van der Waals surface area contributed by atoms with Gasteiger partial charge in [0.1, 0.15) is 9.79 Å². The van der Waals surface area contributed by atoms with Gasteiger partial charge in [0.05, 0.1) is 0 Å². The fourth-order valence-corrected chi connectivity index (χ4v) is 8.90. The molecule has 4 bridgehead atoms. The molecular formula is C21H26N2O4S2. The first kappa shape index (κ1) is 19.5. The Bertz CT molecular complexity index is 1110. The summed E-state index contributed by atoms with van der Waals surface area (Å²) in [5, 5.41) is 0. The Balaban J connectivity index is 1.45.